The van der Waals surface area contributed by atoms with Crippen molar-refractivity contribution in [2.24, 2.45) is 0 Å². The lowest BCUT2D eigenvalue weighted by molar-refractivity contribution is 0.153. The van der Waals surface area contributed by atoms with E-state index in [-0.39, 0.29) is 5.83 Å². The Labute approximate surface area is 109 Å². The average molecular weight is 250 g/mol. The van der Waals surface area contributed by atoms with Crippen LogP contribution in [0.15, 0.2) is 35.7 Å². The van der Waals surface area contributed by atoms with Crippen LogP contribution in [-0.4, -0.2) is 49.6 Å². The summed E-state index contributed by atoms with van der Waals surface area (Å²) in [6.07, 6.45) is 10.4. The third-order valence-corrected chi connectivity index (χ3v) is 3.89. The summed E-state index contributed by atoms with van der Waals surface area (Å²) in [5.41, 5.74) is 1.22. The molecule has 0 bridgehead atoms. The zero-order valence-electron chi connectivity index (χ0n) is 11.4. The lowest BCUT2D eigenvalue weighted by Gasteiger charge is -2.35. The van der Waals surface area contributed by atoms with Crippen LogP contribution in [0.4, 0.5) is 4.39 Å². The molecule has 100 valence electrons. The first-order valence-corrected chi connectivity index (χ1v) is 6.76. The minimum absolute atomic E-state index is 0.122. The SMILES string of the molecule is CN1CCC(N(C)CC2=CCC=C(F)C=C2)CC1. The molecule has 0 amide bonds. The molecule has 0 unspecified atom stereocenters. The van der Waals surface area contributed by atoms with E-state index in [1.54, 1.807) is 12.2 Å². The lowest BCUT2D eigenvalue weighted by atomic mass is 10.0. The quantitative estimate of drug-likeness (QED) is 0.760. The third kappa shape index (κ3) is 3.79. The van der Waals surface area contributed by atoms with Crippen molar-refractivity contribution in [3.63, 3.8) is 0 Å². The largest absolute Gasteiger partial charge is 0.306 e. The Morgan fingerprint density at radius 1 is 1.28 bits per heavy atom. The van der Waals surface area contributed by atoms with Gasteiger partial charge in [0.05, 0.1) is 0 Å². The van der Waals surface area contributed by atoms with E-state index in [9.17, 15) is 4.39 Å². The lowest BCUT2D eigenvalue weighted by Crippen LogP contribution is -2.42. The van der Waals surface area contributed by atoms with Gasteiger partial charge in [-0.25, -0.2) is 4.39 Å². The molecule has 1 aliphatic heterocycles. The van der Waals surface area contributed by atoms with Gasteiger partial charge in [0.1, 0.15) is 5.83 Å². The first kappa shape index (κ1) is 13.5. The highest BCUT2D eigenvalue weighted by molar-refractivity contribution is 5.30. The number of piperidine rings is 1. The number of hydrogen-bond acceptors (Lipinski definition) is 2. The van der Waals surface area contributed by atoms with Crippen LogP contribution in [0.2, 0.25) is 0 Å². The molecule has 0 saturated carbocycles. The van der Waals surface area contributed by atoms with Gasteiger partial charge in [0.2, 0.25) is 0 Å². The van der Waals surface area contributed by atoms with Crippen molar-refractivity contribution in [2.75, 3.05) is 33.7 Å². The van der Waals surface area contributed by atoms with Crippen molar-refractivity contribution in [1.29, 1.82) is 0 Å². The highest BCUT2D eigenvalue weighted by atomic mass is 19.1. The number of likely N-dealkylation sites (tertiary alicyclic amines) is 1. The van der Waals surface area contributed by atoms with Gasteiger partial charge in [0.25, 0.3) is 0 Å². The van der Waals surface area contributed by atoms with E-state index in [1.165, 1.54) is 31.5 Å². The van der Waals surface area contributed by atoms with E-state index in [0.717, 1.165) is 6.54 Å². The van der Waals surface area contributed by atoms with Gasteiger partial charge in [-0.3, -0.25) is 4.90 Å². The fraction of sp³-hybridized carbons (Fsp3) is 0.600. The standard InChI is InChI=1S/C15H23FN2/c1-17-10-8-15(9-11-17)18(2)12-13-4-3-5-14(16)7-6-13/h4-7,15H,3,8-12H2,1-2H3. The van der Waals surface area contributed by atoms with E-state index < -0.39 is 0 Å². The topological polar surface area (TPSA) is 6.48 Å². The minimum atomic E-state index is -0.122. The number of rotatable bonds is 3. The summed E-state index contributed by atoms with van der Waals surface area (Å²) in [5, 5.41) is 0. The van der Waals surface area contributed by atoms with Crippen LogP contribution in [0.25, 0.3) is 0 Å². The molecule has 2 aliphatic rings. The summed E-state index contributed by atoms with van der Waals surface area (Å²) < 4.78 is 13.1. The smallest absolute Gasteiger partial charge is 0.119 e. The van der Waals surface area contributed by atoms with Gasteiger partial charge >= 0.3 is 0 Å². The molecule has 1 saturated heterocycles. The van der Waals surface area contributed by atoms with Crippen molar-refractivity contribution in [3.8, 4) is 0 Å². The fourth-order valence-electron chi connectivity index (χ4n) is 2.62. The summed E-state index contributed by atoms with van der Waals surface area (Å²) in [4.78, 5) is 4.79. The summed E-state index contributed by atoms with van der Waals surface area (Å²) in [6.45, 7) is 3.28. The Bertz CT molecular complexity index is 363. The summed E-state index contributed by atoms with van der Waals surface area (Å²) in [7, 11) is 4.36. The molecule has 1 fully saturated rings. The molecule has 0 spiro atoms. The second kappa shape index (κ2) is 6.30. The Balaban J connectivity index is 1.86. The molecule has 2 nitrogen and oxygen atoms in total. The normalized spacial score (nSPS) is 22.9. The Morgan fingerprint density at radius 3 is 2.72 bits per heavy atom. The number of allylic oxidation sites excluding steroid dienone is 4. The number of nitrogens with zero attached hydrogens (tertiary/aromatic N) is 2. The van der Waals surface area contributed by atoms with Crippen molar-refractivity contribution < 1.29 is 4.39 Å². The molecule has 1 heterocycles. The molecule has 18 heavy (non-hydrogen) atoms. The second-order valence-electron chi connectivity index (χ2n) is 5.39. The van der Waals surface area contributed by atoms with Gasteiger partial charge in [-0.1, -0.05) is 12.2 Å². The zero-order chi connectivity index (χ0) is 13.0. The van der Waals surface area contributed by atoms with Crippen molar-refractivity contribution in [3.05, 3.63) is 35.7 Å². The van der Waals surface area contributed by atoms with Gasteiger partial charge in [0, 0.05) is 12.6 Å². The zero-order valence-corrected chi connectivity index (χ0v) is 11.4. The van der Waals surface area contributed by atoms with Crippen molar-refractivity contribution in [1.82, 2.24) is 9.80 Å². The molecule has 1 aliphatic carbocycles. The highest BCUT2D eigenvalue weighted by Crippen LogP contribution is 2.17. The van der Waals surface area contributed by atoms with Gasteiger partial charge < -0.3 is 4.90 Å². The van der Waals surface area contributed by atoms with Crippen LogP contribution in [0, 0.1) is 0 Å². The van der Waals surface area contributed by atoms with Gasteiger partial charge in [-0.15, -0.1) is 0 Å². The molecule has 0 radical (unpaired) electrons. The summed E-state index contributed by atoms with van der Waals surface area (Å²) in [5.74, 6) is -0.122. The monoisotopic (exact) mass is 250 g/mol. The maximum absolute atomic E-state index is 13.1. The fourth-order valence-corrected chi connectivity index (χ4v) is 2.62. The van der Waals surface area contributed by atoms with E-state index in [1.807, 2.05) is 6.08 Å². The van der Waals surface area contributed by atoms with E-state index in [4.69, 9.17) is 0 Å². The Hall–Kier alpha value is -0.930. The second-order valence-corrected chi connectivity index (χ2v) is 5.39. The van der Waals surface area contributed by atoms with Crippen LogP contribution >= 0.6 is 0 Å². The number of hydrogen-bond donors (Lipinski definition) is 0. The maximum Gasteiger partial charge on any atom is 0.119 e. The molecule has 0 aromatic heterocycles. The van der Waals surface area contributed by atoms with Crippen molar-refractivity contribution in [2.45, 2.75) is 25.3 Å². The van der Waals surface area contributed by atoms with Crippen LogP contribution in [0.1, 0.15) is 19.3 Å². The Kier molecular flexibility index (Phi) is 4.72. The Morgan fingerprint density at radius 2 is 2.00 bits per heavy atom. The van der Waals surface area contributed by atoms with E-state index in [0.29, 0.717) is 12.5 Å². The van der Waals surface area contributed by atoms with Crippen LogP contribution in [0.3, 0.4) is 0 Å². The molecule has 2 rings (SSSR count). The average Bonchev–Trinajstić information content (AvgIpc) is 2.55. The molecule has 0 aromatic rings. The summed E-state index contributed by atoms with van der Waals surface area (Å²) >= 11 is 0. The van der Waals surface area contributed by atoms with Gasteiger partial charge in [-0.05, 0) is 64.2 Å². The molecular formula is C15H23FN2. The van der Waals surface area contributed by atoms with Gasteiger partial charge in [0.15, 0.2) is 0 Å². The van der Waals surface area contributed by atoms with E-state index in [2.05, 4.69) is 30.0 Å². The van der Waals surface area contributed by atoms with Crippen LogP contribution < -0.4 is 0 Å². The maximum atomic E-state index is 13.1. The third-order valence-electron chi connectivity index (χ3n) is 3.89. The number of halogens is 1. The van der Waals surface area contributed by atoms with Crippen molar-refractivity contribution >= 4 is 0 Å². The first-order chi connectivity index (χ1) is 8.65. The summed E-state index contributed by atoms with van der Waals surface area (Å²) in [6, 6.07) is 0.663. The predicted molar refractivity (Wildman–Crippen MR) is 74.2 cm³/mol. The van der Waals surface area contributed by atoms with Gasteiger partial charge in [-0.2, -0.15) is 0 Å². The molecule has 3 heteroatoms. The molecule has 0 aromatic carbocycles. The minimum Gasteiger partial charge on any atom is -0.306 e. The molecular weight excluding hydrogens is 227 g/mol. The first-order valence-electron chi connectivity index (χ1n) is 6.76. The van der Waals surface area contributed by atoms with E-state index >= 15 is 0 Å². The van der Waals surface area contributed by atoms with Crippen LogP contribution in [-0.2, 0) is 0 Å². The highest BCUT2D eigenvalue weighted by Gasteiger charge is 2.20. The molecule has 0 atom stereocenters. The van der Waals surface area contributed by atoms with Crippen LogP contribution in [0.5, 0.6) is 0 Å². The predicted octanol–water partition coefficient (Wildman–Crippen LogP) is 2.75. The molecule has 0 N–H and O–H groups in total. The number of likely N-dealkylation sites (N-methyl/N-ethyl adjacent to an activating group) is 1.